The summed E-state index contributed by atoms with van der Waals surface area (Å²) in [4.78, 5) is 32.5. The average Bonchev–Trinajstić information content (AvgIpc) is 3.42. The Balaban J connectivity index is 1.62. The van der Waals surface area contributed by atoms with E-state index in [1.807, 2.05) is 0 Å². The topological polar surface area (TPSA) is 115 Å². The molecule has 0 atom stereocenters. The number of aromatic nitrogens is 5. The summed E-state index contributed by atoms with van der Waals surface area (Å²) in [5.41, 5.74) is 6.45. The number of hydrogen-bond acceptors (Lipinski definition) is 6. The number of hydrogen-bond donors (Lipinski definition) is 1. The monoisotopic (exact) mass is 526 g/mol. The van der Waals surface area contributed by atoms with Crippen LogP contribution in [-0.2, 0) is 16.1 Å². The average molecular weight is 527 g/mol. The van der Waals surface area contributed by atoms with Crippen LogP contribution in [0, 0.1) is 5.82 Å². The molecule has 198 valence electrons. The molecule has 1 aliphatic heterocycles. The van der Waals surface area contributed by atoms with Crippen LogP contribution >= 0.6 is 0 Å². The number of carbonyl (C=O) groups is 2. The van der Waals surface area contributed by atoms with Gasteiger partial charge in [0.2, 0.25) is 5.91 Å². The summed E-state index contributed by atoms with van der Waals surface area (Å²) in [7, 11) is 0. The van der Waals surface area contributed by atoms with Gasteiger partial charge in [0.25, 0.3) is 12.3 Å². The molecule has 0 bridgehead atoms. The van der Waals surface area contributed by atoms with Gasteiger partial charge in [-0.25, -0.2) is 22.7 Å². The van der Waals surface area contributed by atoms with Crippen LogP contribution in [0.5, 0.6) is 0 Å². The summed E-state index contributed by atoms with van der Waals surface area (Å²) in [6.45, 7) is 4.77. The van der Waals surface area contributed by atoms with Gasteiger partial charge < -0.3 is 15.5 Å². The molecule has 13 heteroatoms. The zero-order valence-corrected chi connectivity index (χ0v) is 20.9. The van der Waals surface area contributed by atoms with E-state index in [0.717, 1.165) is 4.68 Å². The summed E-state index contributed by atoms with van der Waals surface area (Å²) in [6, 6.07) is 6.74. The third-order valence-corrected chi connectivity index (χ3v) is 6.74. The van der Waals surface area contributed by atoms with Gasteiger partial charge in [0.15, 0.2) is 11.6 Å². The summed E-state index contributed by atoms with van der Waals surface area (Å²) >= 11 is 0. The fraction of sp³-hybridized carbons (Fsp3) is 0.320. The third-order valence-electron chi connectivity index (χ3n) is 6.74. The lowest BCUT2D eigenvalue weighted by Crippen LogP contribution is -2.64. The maximum atomic E-state index is 16.2. The first-order valence-electron chi connectivity index (χ1n) is 11.8. The van der Waals surface area contributed by atoms with Crippen molar-refractivity contribution in [1.82, 2.24) is 29.3 Å². The number of anilines is 2. The van der Waals surface area contributed by atoms with Crippen molar-refractivity contribution >= 4 is 28.8 Å². The van der Waals surface area contributed by atoms with Crippen molar-refractivity contribution < 1.29 is 22.8 Å². The van der Waals surface area contributed by atoms with Gasteiger partial charge in [0, 0.05) is 43.0 Å². The van der Waals surface area contributed by atoms with Crippen LogP contribution in [0.3, 0.4) is 0 Å². The molecule has 0 spiro atoms. The van der Waals surface area contributed by atoms with Gasteiger partial charge in [0.1, 0.15) is 29.6 Å². The fourth-order valence-electron chi connectivity index (χ4n) is 4.98. The molecule has 38 heavy (non-hydrogen) atoms. The normalized spacial score (nSPS) is 15.6. The van der Waals surface area contributed by atoms with Crippen molar-refractivity contribution in [1.29, 1.82) is 0 Å². The first-order valence-corrected chi connectivity index (χ1v) is 11.8. The predicted molar refractivity (Wildman–Crippen MR) is 134 cm³/mol. The highest BCUT2D eigenvalue weighted by atomic mass is 19.3. The Morgan fingerprint density at radius 3 is 2.66 bits per heavy atom. The second kappa shape index (κ2) is 9.15. The van der Waals surface area contributed by atoms with Gasteiger partial charge in [-0.15, -0.1) is 0 Å². The molecule has 1 saturated heterocycles. The van der Waals surface area contributed by atoms with Crippen LogP contribution in [0.4, 0.5) is 24.7 Å². The standard InChI is InChI=1S/C25H25F3N8O2/c1-14(37)35-8-7-34(24(38)25(35,2)3)17-6-4-5-15(9-17)21-20(28)19(22-23(29)30-13-32-36(21)22)16-10-31-33(11-16)12-18(26)27/h4-6,9-11,13,18H,7-8,12H2,1-3H3,(H2,29,30,32). The van der Waals surface area contributed by atoms with E-state index in [4.69, 9.17) is 5.73 Å². The number of fused-ring (bicyclic) bond motifs is 1. The van der Waals surface area contributed by atoms with Gasteiger partial charge in [-0.2, -0.15) is 10.2 Å². The third kappa shape index (κ3) is 4.03. The van der Waals surface area contributed by atoms with E-state index in [0.29, 0.717) is 17.8 Å². The highest BCUT2D eigenvalue weighted by molar-refractivity contribution is 6.03. The molecule has 4 heterocycles. The van der Waals surface area contributed by atoms with Crippen molar-refractivity contribution in [2.45, 2.75) is 39.3 Å². The molecule has 0 radical (unpaired) electrons. The van der Waals surface area contributed by atoms with Crippen LogP contribution in [0.25, 0.3) is 27.9 Å². The number of carbonyl (C=O) groups excluding carboxylic acids is 2. The molecule has 10 nitrogen and oxygen atoms in total. The van der Waals surface area contributed by atoms with E-state index in [9.17, 15) is 18.4 Å². The molecule has 4 aromatic rings. The van der Waals surface area contributed by atoms with Crippen LogP contribution in [-0.4, -0.2) is 66.1 Å². The maximum Gasteiger partial charge on any atom is 0.257 e. The molecule has 3 aromatic heterocycles. The molecule has 0 saturated carbocycles. The van der Waals surface area contributed by atoms with Crippen LogP contribution in [0.15, 0.2) is 43.0 Å². The minimum atomic E-state index is -2.63. The molecular formula is C25H25F3N8O2. The highest BCUT2D eigenvalue weighted by Gasteiger charge is 2.43. The predicted octanol–water partition coefficient (Wildman–Crippen LogP) is 3.22. The van der Waals surface area contributed by atoms with Crippen molar-refractivity contribution in [2.24, 2.45) is 0 Å². The Morgan fingerprint density at radius 2 is 1.95 bits per heavy atom. The van der Waals surface area contributed by atoms with Crippen LogP contribution in [0.2, 0.25) is 0 Å². The van der Waals surface area contributed by atoms with Crippen molar-refractivity contribution in [2.75, 3.05) is 23.7 Å². The summed E-state index contributed by atoms with van der Waals surface area (Å²) in [5, 5.41) is 8.12. The summed E-state index contributed by atoms with van der Waals surface area (Å²) in [6.07, 6.45) is 1.15. The molecule has 2 amide bonds. The van der Waals surface area contributed by atoms with Gasteiger partial charge in [-0.3, -0.25) is 14.3 Å². The molecule has 2 N–H and O–H groups in total. The second-order valence-corrected chi connectivity index (χ2v) is 9.52. The Bertz CT molecular complexity index is 1560. The van der Waals surface area contributed by atoms with Gasteiger partial charge in [0.05, 0.1) is 11.8 Å². The second-order valence-electron chi connectivity index (χ2n) is 9.52. The number of nitrogens with two attached hydrogens (primary N) is 1. The quantitative estimate of drug-likeness (QED) is 0.427. The molecule has 0 unspecified atom stereocenters. The number of piperazine rings is 1. The molecule has 1 aromatic carbocycles. The van der Waals surface area contributed by atoms with Gasteiger partial charge in [-0.05, 0) is 26.0 Å². The van der Waals surface area contributed by atoms with Crippen molar-refractivity contribution in [3.05, 3.63) is 48.8 Å². The van der Waals surface area contributed by atoms with E-state index >= 15 is 4.39 Å². The lowest BCUT2D eigenvalue weighted by Gasteiger charge is -2.45. The SMILES string of the molecule is CC(=O)N1CCN(c2cccc(-c3c(F)c(-c4cnn(CC(F)F)c4)c4c(N)ncnn34)c2)C(=O)C1(C)C. The number of rotatable bonds is 5. The molecule has 5 rings (SSSR count). The Labute approximate surface area is 215 Å². The molecule has 0 aliphatic carbocycles. The van der Waals surface area contributed by atoms with E-state index in [1.165, 1.54) is 35.1 Å². The molecular weight excluding hydrogens is 501 g/mol. The number of alkyl halides is 2. The van der Waals surface area contributed by atoms with E-state index in [1.54, 1.807) is 43.0 Å². The first kappa shape index (κ1) is 25.2. The summed E-state index contributed by atoms with van der Waals surface area (Å²) in [5.74, 6) is -1.16. The zero-order valence-electron chi connectivity index (χ0n) is 20.9. The highest BCUT2D eigenvalue weighted by Crippen LogP contribution is 2.39. The minimum absolute atomic E-state index is 0.00445. The van der Waals surface area contributed by atoms with E-state index < -0.39 is 24.3 Å². The smallest absolute Gasteiger partial charge is 0.257 e. The summed E-state index contributed by atoms with van der Waals surface area (Å²) < 4.78 is 44.2. The molecule has 1 aliphatic rings. The Kier molecular flexibility index (Phi) is 6.08. The van der Waals surface area contributed by atoms with Crippen LogP contribution in [0.1, 0.15) is 20.8 Å². The lowest BCUT2D eigenvalue weighted by atomic mass is 9.96. The van der Waals surface area contributed by atoms with Crippen molar-refractivity contribution in [3.63, 3.8) is 0 Å². The number of nitrogen functional groups attached to an aromatic ring is 1. The fourth-order valence-corrected chi connectivity index (χ4v) is 4.98. The first-order chi connectivity index (χ1) is 18.0. The zero-order chi connectivity index (χ0) is 27.4. The number of halogens is 3. The maximum absolute atomic E-state index is 16.2. The van der Waals surface area contributed by atoms with E-state index in [2.05, 4.69) is 15.2 Å². The largest absolute Gasteiger partial charge is 0.382 e. The number of nitrogens with zero attached hydrogens (tertiary/aromatic N) is 7. The number of benzene rings is 1. The minimum Gasteiger partial charge on any atom is -0.382 e. The van der Waals surface area contributed by atoms with Gasteiger partial charge in [-0.1, -0.05) is 12.1 Å². The molecule has 1 fully saturated rings. The Morgan fingerprint density at radius 1 is 1.18 bits per heavy atom. The van der Waals surface area contributed by atoms with Crippen molar-refractivity contribution in [3.8, 4) is 22.4 Å². The number of amides is 2. The van der Waals surface area contributed by atoms with Crippen LogP contribution < -0.4 is 10.6 Å². The Hall–Kier alpha value is -4.42. The van der Waals surface area contributed by atoms with E-state index in [-0.39, 0.29) is 46.5 Å². The van der Waals surface area contributed by atoms with Gasteiger partial charge >= 0.3 is 0 Å². The lowest BCUT2D eigenvalue weighted by molar-refractivity contribution is -0.145.